The molecule has 2 unspecified atom stereocenters. The Morgan fingerprint density at radius 3 is 2.42 bits per heavy atom. The van der Waals surface area contributed by atoms with Crippen molar-refractivity contribution in [1.82, 2.24) is 0 Å². The minimum atomic E-state index is -1.17. The summed E-state index contributed by atoms with van der Waals surface area (Å²) in [6.45, 7) is 1.45. The van der Waals surface area contributed by atoms with Gasteiger partial charge in [0.25, 0.3) is 0 Å². The van der Waals surface area contributed by atoms with Crippen LogP contribution in [0.3, 0.4) is 0 Å². The van der Waals surface area contributed by atoms with Gasteiger partial charge in [0.15, 0.2) is 5.78 Å². The van der Waals surface area contributed by atoms with Crippen molar-refractivity contribution in [3.05, 3.63) is 23.3 Å². The zero-order chi connectivity index (χ0) is 14.7. The number of phenols is 1. The molecule has 1 aromatic carbocycles. The highest BCUT2D eigenvalue weighted by atomic mass is 16.3. The fourth-order valence-electron chi connectivity index (χ4n) is 1.74. The minimum absolute atomic E-state index is 0.0799. The highest BCUT2D eigenvalue weighted by Gasteiger charge is 2.25. The molecule has 0 spiro atoms. The van der Waals surface area contributed by atoms with E-state index in [0.29, 0.717) is 0 Å². The van der Waals surface area contributed by atoms with Crippen molar-refractivity contribution in [3.63, 3.8) is 0 Å². The number of hydrogen-bond acceptors (Lipinski definition) is 6. The van der Waals surface area contributed by atoms with Crippen LogP contribution in [0, 0.1) is 0 Å². The van der Waals surface area contributed by atoms with Crippen molar-refractivity contribution in [2.45, 2.75) is 25.5 Å². The Bertz CT molecular complexity index is 514. The van der Waals surface area contributed by atoms with Crippen molar-refractivity contribution in [1.29, 1.82) is 0 Å². The third-order valence-corrected chi connectivity index (χ3v) is 2.71. The van der Waals surface area contributed by atoms with E-state index in [2.05, 4.69) is 0 Å². The van der Waals surface area contributed by atoms with Crippen LogP contribution in [0.4, 0.5) is 5.69 Å². The van der Waals surface area contributed by atoms with Crippen molar-refractivity contribution in [2.75, 3.05) is 5.73 Å². The molecule has 0 saturated carbocycles. The maximum atomic E-state index is 12.1. The summed E-state index contributed by atoms with van der Waals surface area (Å²) in [4.78, 5) is 22.9. The standard InChI is InChI=1S/C12H17N3O4/c1-5(16)6-2-3-8(17)11(15)10(6)12(19)7(13)4-9(14)18/h2-3,5,7,16-17H,4,13,15H2,1H3,(H2,14,18). The highest BCUT2D eigenvalue weighted by Crippen LogP contribution is 2.31. The van der Waals surface area contributed by atoms with Crippen LogP contribution in [0.15, 0.2) is 12.1 Å². The van der Waals surface area contributed by atoms with E-state index in [4.69, 9.17) is 17.2 Å². The van der Waals surface area contributed by atoms with Gasteiger partial charge in [-0.25, -0.2) is 0 Å². The molecule has 0 aliphatic heterocycles. The summed E-state index contributed by atoms with van der Waals surface area (Å²) in [6, 6.07) is 1.48. The number of carbonyl (C=O) groups excluding carboxylic acids is 2. The Hall–Kier alpha value is -2.12. The van der Waals surface area contributed by atoms with Crippen LogP contribution in [0.2, 0.25) is 0 Å². The maximum Gasteiger partial charge on any atom is 0.219 e. The van der Waals surface area contributed by atoms with Gasteiger partial charge in [-0.1, -0.05) is 6.07 Å². The number of rotatable bonds is 5. The molecule has 1 rings (SSSR count). The Morgan fingerprint density at radius 2 is 1.95 bits per heavy atom. The molecule has 0 bridgehead atoms. The van der Waals surface area contributed by atoms with Crippen LogP contribution in [-0.2, 0) is 4.79 Å². The molecule has 8 N–H and O–H groups in total. The van der Waals surface area contributed by atoms with Crippen molar-refractivity contribution < 1.29 is 19.8 Å². The van der Waals surface area contributed by atoms with Crippen LogP contribution in [0.25, 0.3) is 0 Å². The number of benzene rings is 1. The number of ketones is 1. The smallest absolute Gasteiger partial charge is 0.219 e. The number of phenolic OH excluding ortho intramolecular Hbond substituents is 1. The average Bonchev–Trinajstić information content (AvgIpc) is 2.30. The second-order valence-corrected chi connectivity index (χ2v) is 4.28. The number of anilines is 1. The summed E-state index contributed by atoms with van der Waals surface area (Å²) in [7, 11) is 0. The van der Waals surface area contributed by atoms with Gasteiger partial charge in [-0.3, -0.25) is 9.59 Å². The lowest BCUT2D eigenvalue weighted by molar-refractivity contribution is -0.118. The quantitative estimate of drug-likeness (QED) is 0.273. The Morgan fingerprint density at radius 1 is 1.37 bits per heavy atom. The molecule has 1 amide bonds. The van der Waals surface area contributed by atoms with Crippen LogP contribution < -0.4 is 17.2 Å². The van der Waals surface area contributed by atoms with E-state index in [-0.39, 0.29) is 29.0 Å². The lowest BCUT2D eigenvalue weighted by atomic mass is 9.93. The Kier molecular flexibility index (Phi) is 4.47. The molecule has 1 aromatic rings. The summed E-state index contributed by atoms with van der Waals surface area (Å²) < 4.78 is 0. The van der Waals surface area contributed by atoms with Crippen LogP contribution >= 0.6 is 0 Å². The van der Waals surface area contributed by atoms with Crippen molar-refractivity contribution >= 4 is 17.4 Å². The van der Waals surface area contributed by atoms with E-state index < -0.39 is 23.8 Å². The predicted octanol–water partition coefficient (Wildman–Crippen LogP) is -0.587. The molecule has 7 heteroatoms. The molecule has 0 saturated heterocycles. The van der Waals surface area contributed by atoms with Gasteiger partial charge in [0.2, 0.25) is 5.91 Å². The molecule has 104 valence electrons. The fraction of sp³-hybridized carbons (Fsp3) is 0.333. The first-order chi connectivity index (χ1) is 8.75. The minimum Gasteiger partial charge on any atom is -0.506 e. The lowest BCUT2D eigenvalue weighted by Crippen LogP contribution is -2.36. The first-order valence-corrected chi connectivity index (χ1v) is 5.63. The van der Waals surface area contributed by atoms with Gasteiger partial charge in [-0.05, 0) is 18.6 Å². The van der Waals surface area contributed by atoms with Crippen LogP contribution in [0.1, 0.15) is 35.4 Å². The van der Waals surface area contributed by atoms with Gasteiger partial charge < -0.3 is 27.4 Å². The topological polar surface area (TPSA) is 153 Å². The SMILES string of the molecule is CC(O)c1ccc(O)c(N)c1C(=O)C(N)CC(N)=O. The molecule has 0 aliphatic carbocycles. The Labute approximate surface area is 110 Å². The summed E-state index contributed by atoms with van der Waals surface area (Å²) in [5.74, 6) is -1.67. The van der Waals surface area contributed by atoms with Crippen LogP contribution in [-0.4, -0.2) is 27.9 Å². The number of primary amides is 1. The largest absolute Gasteiger partial charge is 0.506 e. The van der Waals surface area contributed by atoms with Gasteiger partial charge >= 0.3 is 0 Å². The molecule has 0 heterocycles. The number of carbonyl (C=O) groups is 2. The highest BCUT2D eigenvalue weighted by molar-refractivity contribution is 6.07. The van der Waals surface area contributed by atoms with E-state index >= 15 is 0 Å². The summed E-state index contributed by atoms with van der Waals surface area (Å²) in [5, 5.41) is 19.1. The summed E-state index contributed by atoms with van der Waals surface area (Å²) >= 11 is 0. The molecule has 0 aromatic heterocycles. The van der Waals surface area contributed by atoms with Gasteiger partial charge in [0.1, 0.15) is 5.75 Å². The molecule has 7 nitrogen and oxygen atoms in total. The molecule has 0 aliphatic rings. The van der Waals surface area contributed by atoms with Crippen molar-refractivity contribution in [3.8, 4) is 5.75 Å². The second kappa shape index (κ2) is 5.68. The number of amides is 1. The molecule has 0 fully saturated rings. The van der Waals surface area contributed by atoms with Crippen molar-refractivity contribution in [2.24, 2.45) is 11.5 Å². The molecular weight excluding hydrogens is 250 g/mol. The number of aromatic hydroxyl groups is 1. The second-order valence-electron chi connectivity index (χ2n) is 4.28. The zero-order valence-electron chi connectivity index (χ0n) is 10.5. The molecule has 0 radical (unpaired) electrons. The van der Waals surface area contributed by atoms with Gasteiger partial charge in [0.05, 0.1) is 23.4 Å². The maximum absolute atomic E-state index is 12.1. The molecule has 19 heavy (non-hydrogen) atoms. The molecular formula is C12H17N3O4. The summed E-state index contributed by atoms with van der Waals surface area (Å²) in [6.07, 6.45) is -1.31. The predicted molar refractivity (Wildman–Crippen MR) is 69.3 cm³/mol. The number of aliphatic hydroxyl groups excluding tert-OH is 1. The van der Waals surface area contributed by atoms with E-state index in [1.807, 2.05) is 0 Å². The van der Waals surface area contributed by atoms with Gasteiger partial charge in [-0.2, -0.15) is 0 Å². The van der Waals surface area contributed by atoms with E-state index in [9.17, 15) is 19.8 Å². The fourth-order valence-corrected chi connectivity index (χ4v) is 1.74. The zero-order valence-corrected chi connectivity index (χ0v) is 10.5. The normalized spacial score (nSPS) is 13.8. The number of hydrogen-bond donors (Lipinski definition) is 5. The number of nitrogen functional groups attached to an aromatic ring is 1. The number of Topliss-reactive ketones (excluding diaryl/α,β-unsaturated/α-hetero) is 1. The van der Waals surface area contributed by atoms with Gasteiger partial charge in [-0.15, -0.1) is 0 Å². The van der Waals surface area contributed by atoms with E-state index in [1.165, 1.54) is 19.1 Å². The average molecular weight is 267 g/mol. The van der Waals surface area contributed by atoms with Crippen LogP contribution in [0.5, 0.6) is 5.75 Å². The van der Waals surface area contributed by atoms with E-state index in [1.54, 1.807) is 0 Å². The van der Waals surface area contributed by atoms with Gasteiger partial charge in [0, 0.05) is 6.42 Å². The first-order valence-electron chi connectivity index (χ1n) is 5.63. The number of nitrogens with two attached hydrogens (primary N) is 3. The third-order valence-electron chi connectivity index (χ3n) is 2.71. The van der Waals surface area contributed by atoms with E-state index in [0.717, 1.165) is 0 Å². The first kappa shape index (κ1) is 14.9. The summed E-state index contributed by atoms with van der Waals surface area (Å²) in [5.41, 5.74) is 16.2. The third kappa shape index (κ3) is 3.21. The molecule has 2 atom stereocenters. The monoisotopic (exact) mass is 267 g/mol. The Balaban J connectivity index is 3.28. The lowest BCUT2D eigenvalue weighted by Gasteiger charge is -2.17. The number of aliphatic hydroxyl groups is 1.